The van der Waals surface area contributed by atoms with Crippen LogP contribution in [0.4, 0.5) is 0 Å². The molecule has 2 aromatic carbocycles. The monoisotopic (exact) mass is 343 g/mol. The van der Waals surface area contributed by atoms with Crippen molar-refractivity contribution in [2.45, 2.75) is 12.3 Å². The van der Waals surface area contributed by atoms with E-state index in [0.717, 1.165) is 21.7 Å². The minimum Gasteiger partial charge on any atom is -0.462 e. The first kappa shape index (κ1) is 14.0. The molecule has 0 aliphatic heterocycles. The molecule has 0 saturated carbocycles. The number of hydrogen-bond donors (Lipinski definition) is 0. The molecule has 3 aromatic rings. The summed E-state index contributed by atoms with van der Waals surface area (Å²) in [5, 5.41) is 3.69. The molecule has 0 atom stereocenters. The molecule has 0 saturated heterocycles. The number of fused-ring (bicyclic) bond motifs is 3. The third-order valence-corrected chi connectivity index (χ3v) is 3.94. The summed E-state index contributed by atoms with van der Waals surface area (Å²) in [6, 6.07) is 14.0. The van der Waals surface area contributed by atoms with E-state index in [1.54, 1.807) is 6.92 Å². The van der Waals surface area contributed by atoms with Gasteiger partial charge in [-0.15, -0.1) is 0 Å². The maximum absolute atomic E-state index is 12.0. The van der Waals surface area contributed by atoms with Gasteiger partial charge in [0, 0.05) is 16.1 Å². The highest BCUT2D eigenvalue weighted by Gasteiger charge is 2.15. The van der Waals surface area contributed by atoms with Gasteiger partial charge in [0.25, 0.3) is 0 Å². The van der Waals surface area contributed by atoms with E-state index in [1.807, 2.05) is 36.4 Å². The summed E-state index contributed by atoms with van der Waals surface area (Å²) in [5.74, 6) is -0.325. The number of rotatable bonds is 3. The molecule has 0 spiro atoms. The van der Waals surface area contributed by atoms with Gasteiger partial charge in [0.2, 0.25) is 0 Å². The lowest BCUT2D eigenvalue weighted by atomic mass is 10.0. The van der Waals surface area contributed by atoms with E-state index in [1.165, 1.54) is 0 Å². The number of hydrogen-bond acceptors (Lipinski definition) is 3. The van der Waals surface area contributed by atoms with E-state index in [4.69, 9.17) is 4.74 Å². The van der Waals surface area contributed by atoms with Crippen molar-refractivity contribution in [1.82, 2.24) is 4.98 Å². The summed E-state index contributed by atoms with van der Waals surface area (Å²) >= 11 is 3.41. The number of halogens is 1. The van der Waals surface area contributed by atoms with E-state index < -0.39 is 0 Å². The highest BCUT2D eigenvalue weighted by molar-refractivity contribution is 9.08. The molecule has 0 fully saturated rings. The molecular weight excluding hydrogens is 330 g/mol. The fourth-order valence-corrected chi connectivity index (χ4v) is 2.86. The van der Waals surface area contributed by atoms with E-state index in [2.05, 4.69) is 27.0 Å². The number of carbonyl (C=O) groups is 1. The maximum Gasteiger partial charge on any atom is 0.340 e. The lowest BCUT2D eigenvalue weighted by molar-refractivity contribution is 0.0525. The number of benzene rings is 2. The second-order valence-corrected chi connectivity index (χ2v) is 5.26. The molecule has 0 aliphatic carbocycles. The van der Waals surface area contributed by atoms with Crippen molar-refractivity contribution in [1.29, 1.82) is 0 Å². The van der Waals surface area contributed by atoms with Crippen LogP contribution in [0.25, 0.3) is 21.7 Å². The lowest BCUT2D eigenvalue weighted by Crippen LogP contribution is -2.09. The van der Waals surface area contributed by atoms with Crippen molar-refractivity contribution in [3.63, 3.8) is 0 Å². The van der Waals surface area contributed by atoms with Gasteiger partial charge < -0.3 is 4.74 Å². The number of esters is 1. The van der Waals surface area contributed by atoms with E-state index >= 15 is 0 Å². The SMILES string of the molecule is CCOC(=O)c1cc2ccc3ccccc3c2nc1CBr. The summed E-state index contributed by atoms with van der Waals surface area (Å²) in [5.41, 5.74) is 2.14. The van der Waals surface area contributed by atoms with Crippen LogP contribution >= 0.6 is 15.9 Å². The lowest BCUT2D eigenvalue weighted by Gasteiger charge is -2.10. The number of ether oxygens (including phenoxy) is 1. The average Bonchev–Trinajstić information content (AvgIpc) is 2.53. The van der Waals surface area contributed by atoms with Gasteiger partial charge >= 0.3 is 5.97 Å². The van der Waals surface area contributed by atoms with Crippen molar-refractivity contribution < 1.29 is 9.53 Å². The molecule has 3 nitrogen and oxygen atoms in total. The van der Waals surface area contributed by atoms with Crippen molar-refractivity contribution in [3.05, 3.63) is 53.7 Å². The Labute approximate surface area is 131 Å². The predicted molar refractivity (Wildman–Crippen MR) is 87.8 cm³/mol. The standard InChI is InChI=1S/C17H14BrNO2/c1-2-21-17(20)14-9-12-8-7-11-5-3-4-6-13(11)16(12)19-15(14)10-18/h3-9H,2,10H2,1H3. The third-order valence-electron chi connectivity index (χ3n) is 3.41. The molecule has 1 aromatic heterocycles. The van der Waals surface area contributed by atoms with Crippen molar-refractivity contribution in [2.24, 2.45) is 0 Å². The van der Waals surface area contributed by atoms with E-state index in [9.17, 15) is 4.79 Å². The molecule has 0 radical (unpaired) electrons. The van der Waals surface area contributed by atoms with Crippen molar-refractivity contribution >= 4 is 43.6 Å². The molecule has 0 amide bonds. The maximum atomic E-state index is 12.0. The Balaban J connectivity index is 2.29. The van der Waals surface area contributed by atoms with Crippen LogP contribution in [0.15, 0.2) is 42.5 Å². The topological polar surface area (TPSA) is 39.2 Å². The molecule has 1 heterocycles. The molecule has 21 heavy (non-hydrogen) atoms. The Kier molecular flexibility index (Phi) is 3.88. The van der Waals surface area contributed by atoms with Gasteiger partial charge in [0.15, 0.2) is 0 Å². The Bertz CT molecular complexity index is 829. The second-order valence-electron chi connectivity index (χ2n) is 4.70. The summed E-state index contributed by atoms with van der Waals surface area (Å²) in [6.07, 6.45) is 0. The predicted octanol–water partition coefficient (Wildman–Crippen LogP) is 4.46. The van der Waals surface area contributed by atoms with Crippen LogP contribution in [-0.2, 0) is 10.1 Å². The Hall–Kier alpha value is -1.94. The van der Waals surface area contributed by atoms with Gasteiger partial charge in [-0.2, -0.15) is 0 Å². The summed E-state index contributed by atoms with van der Waals surface area (Å²) in [7, 11) is 0. The van der Waals surface area contributed by atoms with Crippen molar-refractivity contribution in [2.75, 3.05) is 6.61 Å². The van der Waals surface area contributed by atoms with Crippen LogP contribution in [0.5, 0.6) is 0 Å². The van der Waals surface area contributed by atoms with Gasteiger partial charge in [-0.25, -0.2) is 4.79 Å². The Morgan fingerprint density at radius 2 is 1.95 bits per heavy atom. The molecule has 0 unspecified atom stereocenters. The first-order valence-corrected chi connectivity index (χ1v) is 7.91. The zero-order valence-corrected chi connectivity index (χ0v) is 13.2. The van der Waals surface area contributed by atoms with Gasteiger partial charge in [0.05, 0.1) is 23.4 Å². The van der Waals surface area contributed by atoms with Crippen LogP contribution in [0.3, 0.4) is 0 Å². The summed E-state index contributed by atoms with van der Waals surface area (Å²) in [6.45, 7) is 2.16. The third kappa shape index (κ3) is 2.51. The van der Waals surface area contributed by atoms with Gasteiger partial charge in [-0.05, 0) is 18.4 Å². The summed E-state index contributed by atoms with van der Waals surface area (Å²) in [4.78, 5) is 16.7. The number of carbonyl (C=O) groups excluding carboxylic acids is 1. The molecule has 3 rings (SSSR count). The fraction of sp³-hybridized carbons (Fsp3) is 0.176. The van der Waals surface area contributed by atoms with E-state index in [-0.39, 0.29) is 5.97 Å². The molecule has 106 valence electrons. The first-order valence-electron chi connectivity index (χ1n) is 6.79. The minimum absolute atomic E-state index is 0.325. The number of pyridine rings is 1. The normalized spacial score (nSPS) is 11.0. The fourth-order valence-electron chi connectivity index (χ4n) is 2.43. The minimum atomic E-state index is -0.325. The average molecular weight is 344 g/mol. The molecular formula is C17H14BrNO2. The zero-order chi connectivity index (χ0) is 14.8. The largest absolute Gasteiger partial charge is 0.462 e. The van der Waals surface area contributed by atoms with Crippen LogP contribution < -0.4 is 0 Å². The van der Waals surface area contributed by atoms with Gasteiger partial charge in [-0.3, -0.25) is 4.98 Å². The quantitative estimate of drug-likeness (QED) is 0.400. The first-order chi connectivity index (χ1) is 10.2. The second kappa shape index (κ2) is 5.82. The molecule has 0 bridgehead atoms. The summed E-state index contributed by atoms with van der Waals surface area (Å²) < 4.78 is 5.11. The van der Waals surface area contributed by atoms with E-state index in [0.29, 0.717) is 23.2 Å². The molecule has 0 aliphatic rings. The van der Waals surface area contributed by atoms with Crippen LogP contribution in [0.2, 0.25) is 0 Å². The highest BCUT2D eigenvalue weighted by atomic mass is 79.9. The van der Waals surface area contributed by atoms with Crippen molar-refractivity contribution in [3.8, 4) is 0 Å². The Morgan fingerprint density at radius 3 is 2.71 bits per heavy atom. The van der Waals surface area contributed by atoms with Gasteiger partial charge in [-0.1, -0.05) is 52.3 Å². The number of nitrogens with zero attached hydrogens (tertiary/aromatic N) is 1. The van der Waals surface area contributed by atoms with Crippen LogP contribution in [0.1, 0.15) is 23.0 Å². The zero-order valence-electron chi connectivity index (χ0n) is 11.6. The molecule has 0 N–H and O–H groups in total. The smallest absolute Gasteiger partial charge is 0.340 e. The number of alkyl halides is 1. The number of aromatic nitrogens is 1. The Morgan fingerprint density at radius 1 is 1.19 bits per heavy atom. The van der Waals surface area contributed by atoms with Crippen LogP contribution in [0, 0.1) is 0 Å². The van der Waals surface area contributed by atoms with Gasteiger partial charge in [0.1, 0.15) is 0 Å². The highest BCUT2D eigenvalue weighted by Crippen LogP contribution is 2.26. The molecule has 4 heteroatoms. The van der Waals surface area contributed by atoms with Crippen LogP contribution in [-0.4, -0.2) is 17.6 Å².